The Morgan fingerprint density at radius 2 is 2.05 bits per heavy atom. The van der Waals surface area contributed by atoms with Crippen LogP contribution in [0.2, 0.25) is 0 Å². The van der Waals surface area contributed by atoms with Crippen molar-refractivity contribution < 1.29 is 0 Å². The number of hydrogen-bond acceptors (Lipinski definition) is 4. The van der Waals surface area contributed by atoms with Crippen molar-refractivity contribution in [3.05, 3.63) is 23.4 Å². The van der Waals surface area contributed by atoms with E-state index in [-0.39, 0.29) is 0 Å². The van der Waals surface area contributed by atoms with Crippen LogP contribution in [-0.2, 0) is 0 Å². The summed E-state index contributed by atoms with van der Waals surface area (Å²) >= 11 is 5.15. The quantitative estimate of drug-likeness (QED) is 0.858. The molecule has 20 heavy (non-hydrogen) atoms. The van der Waals surface area contributed by atoms with E-state index < -0.39 is 0 Å². The molecule has 0 amide bonds. The van der Waals surface area contributed by atoms with E-state index in [2.05, 4.69) is 28.9 Å². The maximum absolute atomic E-state index is 5.82. The third-order valence-corrected chi connectivity index (χ3v) is 4.04. The molecular formula is C15H24N4S. The van der Waals surface area contributed by atoms with Gasteiger partial charge in [-0.15, -0.1) is 0 Å². The van der Waals surface area contributed by atoms with Gasteiger partial charge in [-0.1, -0.05) is 12.2 Å². The predicted molar refractivity (Wildman–Crippen MR) is 88.4 cm³/mol. The third kappa shape index (κ3) is 3.67. The molecule has 0 aromatic carbocycles. The molecular weight excluding hydrogens is 268 g/mol. The van der Waals surface area contributed by atoms with E-state index in [0.717, 1.165) is 42.6 Å². The Labute approximate surface area is 127 Å². The number of piperidine rings is 1. The topological polar surface area (TPSA) is 45.4 Å². The van der Waals surface area contributed by atoms with Crippen LogP contribution in [0.5, 0.6) is 0 Å². The largest absolute Gasteiger partial charge is 0.389 e. The lowest BCUT2D eigenvalue weighted by Crippen LogP contribution is -2.38. The van der Waals surface area contributed by atoms with Crippen molar-refractivity contribution in [1.29, 1.82) is 0 Å². The van der Waals surface area contributed by atoms with Crippen LogP contribution in [0, 0.1) is 12.8 Å². The van der Waals surface area contributed by atoms with Crippen LogP contribution in [0.1, 0.15) is 24.1 Å². The molecule has 0 saturated carbocycles. The van der Waals surface area contributed by atoms with E-state index in [4.69, 9.17) is 18.0 Å². The standard InChI is InChI=1S/C15H24N4S/c1-11-4-5-13(14(16)20)15(17-11)19-8-6-12(7-9-19)10-18(2)3/h4-5,12H,6-10H2,1-3H3,(H2,16,20). The molecule has 0 unspecified atom stereocenters. The molecule has 1 aliphatic heterocycles. The minimum Gasteiger partial charge on any atom is -0.389 e. The van der Waals surface area contributed by atoms with E-state index >= 15 is 0 Å². The number of anilines is 1. The number of hydrogen-bond donors (Lipinski definition) is 1. The molecule has 0 aliphatic carbocycles. The highest BCUT2D eigenvalue weighted by molar-refractivity contribution is 7.80. The fraction of sp³-hybridized carbons (Fsp3) is 0.600. The molecule has 0 bridgehead atoms. The monoisotopic (exact) mass is 292 g/mol. The van der Waals surface area contributed by atoms with Crippen molar-refractivity contribution in [2.45, 2.75) is 19.8 Å². The van der Waals surface area contributed by atoms with Crippen molar-refractivity contribution in [2.24, 2.45) is 11.7 Å². The lowest BCUT2D eigenvalue weighted by atomic mass is 9.96. The summed E-state index contributed by atoms with van der Waals surface area (Å²) in [7, 11) is 4.28. The summed E-state index contributed by atoms with van der Waals surface area (Å²) < 4.78 is 0. The van der Waals surface area contributed by atoms with E-state index in [1.54, 1.807) is 0 Å². The first-order valence-electron chi connectivity index (χ1n) is 7.14. The van der Waals surface area contributed by atoms with Crippen molar-refractivity contribution >= 4 is 23.0 Å². The van der Waals surface area contributed by atoms with Gasteiger partial charge < -0.3 is 15.5 Å². The van der Waals surface area contributed by atoms with E-state index in [1.165, 1.54) is 12.8 Å². The lowest BCUT2D eigenvalue weighted by molar-refractivity contribution is 0.284. The molecule has 0 radical (unpaired) electrons. The molecule has 1 aromatic rings. The second kappa shape index (κ2) is 6.50. The number of aromatic nitrogens is 1. The van der Waals surface area contributed by atoms with Crippen molar-refractivity contribution in [3.63, 3.8) is 0 Å². The summed E-state index contributed by atoms with van der Waals surface area (Å²) in [4.78, 5) is 9.68. The van der Waals surface area contributed by atoms with Gasteiger partial charge in [0.2, 0.25) is 0 Å². The highest BCUT2D eigenvalue weighted by Crippen LogP contribution is 2.25. The van der Waals surface area contributed by atoms with Gasteiger partial charge in [0.05, 0.1) is 5.56 Å². The average molecular weight is 292 g/mol. The zero-order valence-electron chi connectivity index (χ0n) is 12.6. The average Bonchev–Trinajstić information content (AvgIpc) is 2.38. The van der Waals surface area contributed by atoms with E-state index in [9.17, 15) is 0 Å². The molecule has 1 aliphatic rings. The summed E-state index contributed by atoms with van der Waals surface area (Å²) in [5.41, 5.74) is 7.73. The third-order valence-electron chi connectivity index (χ3n) is 3.82. The van der Waals surface area contributed by atoms with E-state index in [0.29, 0.717) is 4.99 Å². The molecule has 0 spiro atoms. The van der Waals surface area contributed by atoms with Crippen LogP contribution in [-0.4, -0.2) is 48.6 Å². The van der Waals surface area contributed by atoms with Gasteiger partial charge in [0, 0.05) is 25.3 Å². The molecule has 4 nitrogen and oxygen atoms in total. The van der Waals surface area contributed by atoms with Crippen LogP contribution in [0.15, 0.2) is 12.1 Å². The van der Waals surface area contributed by atoms with E-state index in [1.807, 2.05) is 19.1 Å². The Balaban J connectivity index is 2.10. The second-order valence-corrected chi connectivity index (χ2v) is 6.32. The van der Waals surface area contributed by atoms with Crippen LogP contribution in [0.3, 0.4) is 0 Å². The molecule has 2 rings (SSSR count). The number of nitrogens with two attached hydrogens (primary N) is 1. The molecule has 5 heteroatoms. The number of nitrogens with zero attached hydrogens (tertiary/aromatic N) is 3. The molecule has 1 saturated heterocycles. The van der Waals surface area contributed by atoms with Crippen LogP contribution < -0.4 is 10.6 Å². The Morgan fingerprint density at radius 1 is 1.40 bits per heavy atom. The Kier molecular flexibility index (Phi) is 4.94. The predicted octanol–water partition coefficient (Wildman–Crippen LogP) is 1.80. The molecule has 110 valence electrons. The number of thiocarbonyl (C=S) groups is 1. The maximum atomic E-state index is 5.82. The number of pyridine rings is 1. The first-order chi connectivity index (χ1) is 9.47. The highest BCUT2D eigenvalue weighted by Gasteiger charge is 2.23. The zero-order chi connectivity index (χ0) is 14.7. The lowest BCUT2D eigenvalue weighted by Gasteiger charge is -2.34. The van der Waals surface area contributed by atoms with Gasteiger partial charge in [-0.05, 0) is 51.9 Å². The fourth-order valence-corrected chi connectivity index (χ4v) is 2.98. The van der Waals surface area contributed by atoms with Gasteiger partial charge in [0.25, 0.3) is 0 Å². The van der Waals surface area contributed by atoms with Crippen LogP contribution in [0.4, 0.5) is 5.82 Å². The molecule has 2 N–H and O–H groups in total. The minimum atomic E-state index is 0.433. The van der Waals surface area contributed by atoms with Crippen molar-refractivity contribution in [3.8, 4) is 0 Å². The Bertz CT molecular complexity index is 479. The first-order valence-corrected chi connectivity index (χ1v) is 7.55. The highest BCUT2D eigenvalue weighted by atomic mass is 32.1. The van der Waals surface area contributed by atoms with Crippen LogP contribution >= 0.6 is 12.2 Å². The SMILES string of the molecule is Cc1ccc(C(N)=S)c(N2CCC(CN(C)C)CC2)n1. The summed E-state index contributed by atoms with van der Waals surface area (Å²) in [6.07, 6.45) is 2.40. The first kappa shape index (κ1) is 15.2. The minimum absolute atomic E-state index is 0.433. The summed E-state index contributed by atoms with van der Waals surface area (Å²) in [5.74, 6) is 1.74. The molecule has 2 heterocycles. The van der Waals surface area contributed by atoms with Gasteiger partial charge in [-0.2, -0.15) is 0 Å². The van der Waals surface area contributed by atoms with Gasteiger partial charge in [0.15, 0.2) is 0 Å². The van der Waals surface area contributed by atoms with Crippen LogP contribution in [0.25, 0.3) is 0 Å². The van der Waals surface area contributed by atoms with Gasteiger partial charge in [-0.3, -0.25) is 0 Å². The zero-order valence-corrected chi connectivity index (χ0v) is 13.4. The Hall–Kier alpha value is -1.20. The Morgan fingerprint density at radius 3 is 2.60 bits per heavy atom. The molecule has 1 aromatic heterocycles. The second-order valence-electron chi connectivity index (χ2n) is 5.88. The maximum Gasteiger partial charge on any atom is 0.139 e. The normalized spacial score (nSPS) is 16.7. The number of aryl methyl sites for hydroxylation is 1. The van der Waals surface area contributed by atoms with Crippen molar-refractivity contribution in [2.75, 3.05) is 38.6 Å². The van der Waals surface area contributed by atoms with Gasteiger partial charge >= 0.3 is 0 Å². The summed E-state index contributed by atoms with van der Waals surface area (Å²) in [6, 6.07) is 3.96. The smallest absolute Gasteiger partial charge is 0.139 e. The fourth-order valence-electron chi connectivity index (χ4n) is 2.82. The summed E-state index contributed by atoms with van der Waals surface area (Å²) in [6.45, 7) is 5.23. The number of rotatable bonds is 4. The summed E-state index contributed by atoms with van der Waals surface area (Å²) in [5, 5.41) is 0. The van der Waals surface area contributed by atoms with Crippen molar-refractivity contribution in [1.82, 2.24) is 9.88 Å². The van der Waals surface area contributed by atoms with Gasteiger partial charge in [-0.25, -0.2) is 4.98 Å². The van der Waals surface area contributed by atoms with Gasteiger partial charge in [0.1, 0.15) is 10.8 Å². The molecule has 0 atom stereocenters. The molecule has 1 fully saturated rings.